The average molecular weight is 270 g/mol. The summed E-state index contributed by atoms with van der Waals surface area (Å²) in [5, 5.41) is 0.709. The summed E-state index contributed by atoms with van der Waals surface area (Å²) >= 11 is 6.16. The normalized spacial score (nSPS) is 11.0. The maximum Gasteiger partial charge on any atom is 0.138 e. The molecule has 0 amide bonds. The molecule has 0 saturated carbocycles. The molecule has 1 aromatic rings. The first-order valence-electron chi connectivity index (χ1n) is 6.70. The van der Waals surface area contributed by atoms with E-state index in [1.165, 1.54) is 11.1 Å². The highest BCUT2D eigenvalue weighted by atomic mass is 35.5. The van der Waals surface area contributed by atoms with Crippen molar-refractivity contribution >= 4 is 11.6 Å². The molecule has 1 rings (SSSR count). The van der Waals surface area contributed by atoms with Gasteiger partial charge in [0.1, 0.15) is 5.75 Å². The lowest BCUT2D eigenvalue weighted by molar-refractivity contribution is 0.249. The summed E-state index contributed by atoms with van der Waals surface area (Å²) in [5.74, 6) is 0.805. The third kappa shape index (κ3) is 4.51. The third-order valence-electron chi connectivity index (χ3n) is 3.32. The SMILES string of the molecule is CCN(CC)CCCOc1cc(C)c(C)cc1Cl. The van der Waals surface area contributed by atoms with Crippen LogP contribution in [0.2, 0.25) is 5.02 Å². The molecule has 0 aliphatic carbocycles. The molecule has 18 heavy (non-hydrogen) atoms. The predicted molar refractivity (Wildman–Crippen MR) is 78.8 cm³/mol. The van der Waals surface area contributed by atoms with Crippen LogP contribution in [0, 0.1) is 13.8 Å². The van der Waals surface area contributed by atoms with Gasteiger partial charge in [0, 0.05) is 6.54 Å². The molecule has 3 heteroatoms. The lowest BCUT2D eigenvalue weighted by atomic mass is 10.1. The first kappa shape index (κ1) is 15.3. The maximum absolute atomic E-state index is 6.16. The molecule has 0 N–H and O–H groups in total. The Morgan fingerprint density at radius 3 is 2.33 bits per heavy atom. The Morgan fingerprint density at radius 1 is 1.11 bits per heavy atom. The second-order valence-electron chi connectivity index (χ2n) is 4.60. The molecule has 1 aromatic carbocycles. The largest absolute Gasteiger partial charge is 0.492 e. The molecule has 0 radical (unpaired) electrons. The molecule has 0 unspecified atom stereocenters. The number of aryl methyl sites for hydroxylation is 2. The zero-order valence-corrected chi connectivity index (χ0v) is 12.7. The minimum absolute atomic E-state index is 0.709. The standard InChI is InChI=1S/C15H24ClNO/c1-5-17(6-2)8-7-9-18-15-11-13(4)12(3)10-14(15)16/h10-11H,5-9H2,1-4H3. The van der Waals surface area contributed by atoms with Crippen molar-refractivity contribution in [3.8, 4) is 5.75 Å². The zero-order valence-electron chi connectivity index (χ0n) is 11.9. The highest BCUT2D eigenvalue weighted by molar-refractivity contribution is 6.32. The Bertz CT molecular complexity index is 375. The maximum atomic E-state index is 6.16. The van der Waals surface area contributed by atoms with Crippen LogP contribution in [-0.2, 0) is 0 Å². The number of ether oxygens (including phenoxy) is 1. The van der Waals surface area contributed by atoms with Crippen LogP contribution in [0.15, 0.2) is 12.1 Å². The summed E-state index contributed by atoms with van der Waals surface area (Å²) in [5.41, 5.74) is 2.42. The van der Waals surface area contributed by atoms with Crippen LogP contribution in [-0.4, -0.2) is 31.1 Å². The monoisotopic (exact) mass is 269 g/mol. The fourth-order valence-electron chi connectivity index (χ4n) is 1.88. The van der Waals surface area contributed by atoms with Crippen LogP contribution in [0.25, 0.3) is 0 Å². The molecule has 0 aromatic heterocycles. The van der Waals surface area contributed by atoms with Crippen LogP contribution in [0.3, 0.4) is 0 Å². The Balaban J connectivity index is 2.42. The topological polar surface area (TPSA) is 12.5 Å². The van der Waals surface area contributed by atoms with Gasteiger partial charge in [-0.25, -0.2) is 0 Å². The van der Waals surface area contributed by atoms with Crippen LogP contribution in [0.5, 0.6) is 5.75 Å². The summed E-state index contributed by atoms with van der Waals surface area (Å²) in [6.07, 6.45) is 1.03. The number of hydrogen-bond acceptors (Lipinski definition) is 2. The predicted octanol–water partition coefficient (Wildman–Crippen LogP) is 4.07. The molecule has 0 atom stereocenters. The lowest BCUT2D eigenvalue weighted by Crippen LogP contribution is -2.25. The summed E-state index contributed by atoms with van der Waals surface area (Å²) < 4.78 is 5.75. The number of benzene rings is 1. The van der Waals surface area contributed by atoms with Gasteiger partial charge in [-0.15, -0.1) is 0 Å². The van der Waals surface area contributed by atoms with Gasteiger partial charge in [0.15, 0.2) is 0 Å². The van der Waals surface area contributed by atoms with Crippen LogP contribution >= 0.6 is 11.6 Å². The van der Waals surface area contributed by atoms with Crippen LogP contribution in [0.1, 0.15) is 31.4 Å². The quantitative estimate of drug-likeness (QED) is 0.692. The van der Waals surface area contributed by atoms with Gasteiger partial charge in [0.05, 0.1) is 11.6 Å². The first-order chi connectivity index (χ1) is 8.58. The van der Waals surface area contributed by atoms with Crippen LogP contribution in [0.4, 0.5) is 0 Å². The van der Waals surface area contributed by atoms with Crippen molar-refractivity contribution in [2.75, 3.05) is 26.2 Å². The van der Waals surface area contributed by atoms with E-state index in [0.717, 1.165) is 38.4 Å². The lowest BCUT2D eigenvalue weighted by Gasteiger charge is -2.18. The van der Waals surface area contributed by atoms with E-state index in [0.29, 0.717) is 5.02 Å². The van der Waals surface area contributed by atoms with Crippen molar-refractivity contribution in [3.63, 3.8) is 0 Å². The van der Waals surface area contributed by atoms with Crippen molar-refractivity contribution in [2.24, 2.45) is 0 Å². The second-order valence-corrected chi connectivity index (χ2v) is 5.00. The van der Waals surface area contributed by atoms with Gasteiger partial charge in [-0.3, -0.25) is 0 Å². The Hall–Kier alpha value is -0.730. The summed E-state index contributed by atoms with van der Waals surface area (Å²) in [4.78, 5) is 2.39. The fourth-order valence-corrected chi connectivity index (χ4v) is 2.15. The molecule has 102 valence electrons. The van der Waals surface area contributed by atoms with Gasteiger partial charge >= 0.3 is 0 Å². The van der Waals surface area contributed by atoms with Crippen molar-refractivity contribution < 1.29 is 4.74 Å². The Labute approximate surface area is 116 Å². The molecule has 0 bridgehead atoms. The molecule has 0 aliphatic heterocycles. The highest BCUT2D eigenvalue weighted by Gasteiger charge is 2.05. The molecule has 2 nitrogen and oxygen atoms in total. The molecule has 0 fully saturated rings. The van der Waals surface area contributed by atoms with Crippen molar-refractivity contribution in [1.29, 1.82) is 0 Å². The van der Waals surface area contributed by atoms with Gasteiger partial charge in [-0.2, -0.15) is 0 Å². The molecular weight excluding hydrogens is 246 g/mol. The van der Waals surface area contributed by atoms with E-state index in [1.807, 2.05) is 12.1 Å². The van der Waals surface area contributed by atoms with Gasteiger partial charge in [0.2, 0.25) is 0 Å². The number of halogens is 1. The number of rotatable bonds is 7. The third-order valence-corrected chi connectivity index (χ3v) is 3.61. The zero-order chi connectivity index (χ0) is 13.5. The summed E-state index contributed by atoms with van der Waals surface area (Å²) in [6, 6.07) is 3.99. The Morgan fingerprint density at radius 2 is 1.72 bits per heavy atom. The highest BCUT2D eigenvalue weighted by Crippen LogP contribution is 2.27. The molecular formula is C15H24ClNO. The fraction of sp³-hybridized carbons (Fsp3) is 0.600. The van der Waals surface area contributed by atoms with E-state index in [4.69, 9.17) is 16.3 Å². The van der Waals surface area contributed by atoms with E-state index >= 15 is 0 Å². The van der Waals surface area contributed by atoms with E-state index in [-0.39, 0.29) is 0 Å². The van der Waals surface area contributed by atoms with Crippen LogP contribution < -0.4 is 4.74 Å². The van der Waals surface area contributed by atoms with Gasteiger partial charge in [0.25, 0.3) is 0 Å². The average Bonchev–Trinajstić information content (AvgIpc) is 2.35. The Kier molecular flexibility index (Phi) is 6.51. The summed E-state index contributed by atoms with van der Waals surface area (Å²) in [6.45, 7) is 12.5. The smallest absolute Gasteiger partial charge is 0.138 e. The van der Waals surface area contributed by atoms with E-state index in [1.54, 1.807) is 0 Å². The van der Waals surface area contributed by atoms with E-state index < -0.39 is 0 Å². The number of nitrogens with zero attached hydrogens (tertiary/aromatic N) is 1. The molecule has 0 heterocycles. The van der Waals surface area contributed by atoms with Crippen molar-refractivity contribution in [3.05, 3.63) is 28.3 Å². The number of hydrogen-bond donors (Lipinski definition) is 0. The second kappa shape index (κ2) is 7.65. The minimum atomic E-state index is 0.709. The van der Waals surface area contributed by atoms with E-state index in [2.05, 4.69) is 32.6 Å². The van der Waals surface area contributed by atoms with Gasteiger partial charge < -0.3 is 9.64 Å². The molecule has 0 saturated heterocycles. The minimum Gasteiger partial charge on any atom is -0.492 e. The van der Waals surface area contributed by atoms with Gasteiger partial charge in [-0.1, -0.05) is 25.4 Å². The summed E-state index contributed by atoms with van der Waals surface area (Å²) in [7, 11) is 0. The van der Waals surface area contributed by atoms with Crippen molar-refractivity contribution in [2.45, 2.75) is 34.1 Å². The van der Waals surface area contributed by atoms with Gasteiger partial charge in [-0.05, 0) is 56.6 Å². The molecule has 0 spiro atoms. The van der Waals surface area contributed by atoms with Crippen molar-refractivity contribution in [1.82, 2.24) is 4.90 Å². The first-order valence-corrected chi connectivity index (χ1v) is 7.08. The van der Waals surface area contributed by atoms with E-state index in [9.17, 15) is 0 Å². The molecule has 0 aliphatic rings.